The predicted molar refractivity (Wildman–Crippen MR) is 194 cm³/mol. The van der Waals surface area contributed by atoms with Crippen molar-refractivity contribution in [3.8, 4) is 33.5 Å². The molecular weight excluding hydrogens is 556 g/mol. The molecular formula is C44H26N2. The fraction of sp³-hybridized carbons (Fsp3) is 0. The molecule has 1 heterocycles. The topological polar surface area (TPSA) is 17.2 Å². The van der Waals surface area contributed by atoms with Gasteiger partial charge in [-0.2, -0.15) is 0 Å². The zero-order valence-electron chi connectivity index (χ0n) is 24.9. The number of para-hydroxylation sites is 1. The Hall–Kier alpha value is -6.30. The number of hydrogen-bond acceptors (Lipinski definition) is 1. The summed E-state index contributed by atoms with van der Waals surface area (Å²) in [6.45, 7) is 7.46. The van der Waals surface area contributed by atoms with Crippen molar-refractivity contribution in [2.75, 3.05) is 0 Å². The van der Waals surface area contributed by atoms with Crippen molar-refractivity contribution >= 4 is 59.7 Å². The monoisotopic (exact) mass is 582 g/mol. The molecule has 46 heavy (non-hydrogen) atoms. The maximum atomic E-state index is 7.46. The van der Waals surface area contributed by atoms with Gasteiger partial charge in [0.05, 0.1) is 17.8 Å². The normalized spacial score (nSPS) is 11.5. The predicted octanol–water partition coefficient (Wildman–Crippen LogP) is 12.4. The van der Waals surface area contributed by atoms with Crippen LogP contribution in [0.4, 0.5) is 5.69 Å². The van der Waals surface area contributed by atoms with E-state index < -0.39 is 0 Å². The van der Waals surface area contributed by atoms with E-state index in [0.29, 0.717) is 5.69 Å². The highest BCUT2D eigenvalue weighted by Crippen LogP contribution is 2.48. The SMILES string of the molecule is [C-]#[N+]c1ccc(-c2c3ccccc3c(-c3cc4c(-c5ccccc5)nc5ccccc5c4c4ccccc34)c3ccccc23)cc1. The average Bonchev–Trinajstić information content (AvgIpc) is 3.13. The van der Waals surface area contributed by atoms with Gasteiger partial charge >= 0.3 is 0 Å². The fourth-order valence-electron chi connectivity index (χ4n) is 7.27. The van der Waals surface area contributed by atoms with Gasteiger partial charge in [-0.15, -0.1) is 0 Å². The first-order chi connectivity index (χ1) is 22.8. The minimum atomic E-state index is 0.645. The summed E-state index contributed by atoms with van der Waals surface area (Å²) in [5, 5.41) is 10.8. The van der Waals surface area contributed by atoms with Gasteiger partial charge in [0.15, 0.2) is 5.69 Å². The van der Waals surface area contributed by atoms with E-state index in [2.05, 4.69) is 150 Å². The Balaban J connectivity index is 1.48. The molecule has 0 N–H and O–H groups in total. The summed E-state index contributed by atoms with van der Waals surface area (Å²) in [5.41, 5.74) is 8.45. The summed E-state index contributed by atoms with van der Waals surface area (Å²) >= 11 is 0. The van der Waals surface area contributed by atoms with Crippen molar-refractivity contribution in [1.82, 2.24) is 4.98 Å². The van der Waals surface area contributed by atoms with Crippen molar-refractivity contribution in [1.29, 1.82) is 0 Å². The average molecular weight is 583 g/mol. The van der Waals surface area contributed by atoms with Crippen molar-refractivity contribution < 1.29 is 0 Å². The minimum absolute atomic E-state index is 0.645. The molecule has 0 aliphatic carbocycles. The molecule has 0 unspecified atom stereocenters. The number of fused-ring (bicyclic) bond motifs is 7. The molecule has 0 bridgehead atoms. The Morgan fingerprint density at radius 1 is 0.413 bits per heavy atom. The first-order valence-electron chi connectivity index (χ1n) is 15.5. The van der Waals surface area contributed by atoms with E-state index in [0.717, 1.165) is 33.1 Å². The molecule has 0 fully saturated rings. The molecule has 9 rings (SSSR count). The summed E-state index contributed by atoms with van der Waals surface area (Å²) < 4.78 is 0. The minimum Gasteiger partial charge on any atom is -0.247 e. The molecule has 9 aromatic rings. The van der Waals surface area contributed by atoms with E-state index in [9.17, 15) is 0 Å². The molecule has 0 aliphatic heterocycles. The zero-order valence-corrected chi connectivity index (χ0v) is 24.9. The smallest absolute Gasteiger partial charge is 0.187 e. The maximum Gasteiger partial charge on any atom is 0.187 e. The van der Waals surface area contributed by atoms with Crippen molar-refractivity contribution in [2.45, 2.75) is 0 Å². The van der Waals surface area contributed by atoms with Gasteiger partial charge in [-0.3, -0.25) is 0 Å². The van der Waals surface area contributed by atoms with E-state index in [-0.39, 0.29) is 0 Å². The molecule has 8 aromatic carbocycles. The van der Waals surface area contributed by atoms with Crippen LogP contribution in [0.2, 0.25) is 0 Å². The van der Waals surface area contributed by atoms with Gasteiger partial charge < -0.3 is 0 Å². The molecule has 0 saturated heterocycles. The standard InChI is InChI=1S/C44H26N2/c1-45-30-25-23-28(24-26-30)41-33-17-7-9-19-35(33)42(36-20-10-8-18-34(36)41)38-27-39-43(32-16-6-5-15-31(32)38)37-21-11-12-22-40(37)46-44(39)29-13-3-2-4-14-29/h2-27H. The van der Waals surface area contributed by atoms with Gasteiger partial charge in [0.25, 0.3) is 0 Å². The summed E-state index contributed by atoms with van der Waals surface area (Å²) in [6.07, 6.45) is 0. The van der Waals surface area contributed by atoms with Gasteiger partial charge in [-0.1, -0.05) is 146 Å². The van der Waals surface area contributed by atoms with Crippen molar-refractivity contribution in [2.24, 2.45) is 0 Å². The Labute approximate surface area is 266 Å². The molecule has 0 radical (unpaired) electrons. The number of pyridine rings is 1. The molecule has 1 aromatic heterocycles. The second kappa shape index (κ2) is 10.4. The Morgan fingerprint density at radius 3 is 1.57 bits per heavy atom. The molecule has 2 heteroatoms. The number of hydrogen-bond donors (Lipinski definition) is 0. The molecule has 0 spiro atoms. The molecule has 0 atom stereocenters. The van der Waals surface area contributed by atoms with Crippen LogP contribution in [-0.2, 0) is 0 Å². The molecule has 0 amide bonds. The van der Waals surface area contributed by atoms with E-state index >= 15 is 0 Å². The van der Waals surface area contributed by atoms with Crippen molar-refractivity contribution in [3.05, 3.63) is 169 Å². The van der Waals surface area contributed by atoms with E-state index in [4.69, 9.17) is 11.6 Å². The highest BCUT2D eigenvalue weighted by Gasteiger charge is 2.21. The summed E-state index contributed by atoms with van der Waals surface area (Å²) in [5.74, 6) is 0. The number of benzene rings is 8. The van der Waals surface area contributed by atoms with Gasteiger partial charge in [0, 0.05) is 21.7 Å². The molecule has 212 valence electrons. The third-order valence-corrected chi connectivity index (χ3v) is 9.24. The Morgan fingerprint density at radius 2 is 0.935 bits per heavy atom. The van der Waals surface area contributed by atoms with Crippen LogP contribution in [0, 0.1) is 6.57 Å². The van der Waals surface area contributed by atoms with Crippen LogP contribution in [0.3, 0.4) is 0 Å². The second-order valence-corrected chi connectivity index (χ2v) is 11.7. The third kappa shape index (κ3) is 3.93. The maximum absolute atomic E-state index is 7.46. The summed E-state index contributed by atoms with van der Waals surface area (Å²) in [7, 11) is 0. The lowest BCUT2D eigenvalue weighted by Crippen LogP contribution is -1.95. The fourth-order valence-corrected chi connectivity index (χ4v) is 7.27. The Bertz CT molecular complexity index is 2620. The van der Waals surface area contributed by atoms with Crippen LogP contribution in [0.5, 0.6) is 0 Å². The first kappa shape index (κ1) is 26.1. The highest BCUT2D eigenvalue weighted by atomic mass is 14.7. The molecule has 2 nitrogen and oxygen atoms in total. The highest BCUT2D eigenvalue weighted by molar-refractivity contribution is 6.29. The van der Waals surface area contributed by atoms with Crippen LogP contribution < -0.4 is 0 Å². The van der Waals surface area contributed by atoms with Gasteiger partial charge in [0.2, 0.25) is 0 Å². The number of nitrogens with zero attached hydrogens (tertiary/aromatic N) is 2. The Kier molecular flexibility index (Phi) is 5.91. The second-order valence-electron chi connectivity index (χ2n) is 11.7. The van der Waals surface area contributed by atoms with Crippen LogP contribution in [0.1, 0.15) is 0 Å². The van der Waals surface area contributed by atoms with Crippen LogP contribution in [0.25, 0.3) is 92.3 Å². The van der Waals surface area contributed by atoms with E-state index in [1.807, 2.05) is 12.1 Å². The van der Waals surface area contributed by atoms with Crippen molar-refractivity contribution in [3.63, 3.8) is 0 Å². The lowest BCUT2D eigenvalue weighted by molar-refractivity contribution is 1.43. The lowest BCUT2D eigenvalue weighted by atomic mass is 9.83. The van der Waals surface area contributed by atoms with Gasteiger partial charge in [-0.25, -0.2) is 9.83 Å². The summed E-state index contributed by atoms with van der Waals surface area (Å²) in [4.78, 5) is 8.92. The van der Waals surface area contributed by atoms with E-state index in [1.54, 1.807) is 0 Å². The number of aromatic nitrogens is 1. The molecule has 0 saturated carbocycles. The third-order valence-electron chi connectivity index (χ3n) is 9.24. The van der Waals surface area contributed by atoms with Gasteiger partial charge in [0.1, 0.15) is 0 Å². The van der Waals surface area contributed by atoms with Crippen LogP contribution in [-0.4, -0.2) is 4.98 Å². The number of rotatable bonds is 3. The lowest BCUT2D eigenvalue weighted by Gasteiger charge is -2.20. The zero-order chi connectivity index (χ0) is 30.6. The van der Waals surface area contributed by atoms with Crippen LogP contribution in [0.15, 0.2) is 158 Å². The quantitative estimate of drug-likeness (QED) is 0.115. The largest absolute Gasteiger partial charge is 0.247 e. The molecule has 0 aliphatic rings. The first-order valence-corrected chi connectivity index (χ1v) is 15.5. The van der Waals surface area contributed by atoms with Crippen LogP contribution >= 0.6 is 0 Å². The van der Waals surface area contributed by atoms with Gasteiger partial charge in [-0.05, 0) is 66.7 Å². The van der Waals surface area contributed by atoms with E-state index in [1.165, 1.54) is 54.4 Å². The summed E-state index contributed by atoms with van der Waals surface area (Å²) in [6, 6.07) is 55.8.